The summed E-state index contributed by atoms with van der Waals surface area (Å²) in [5.41, 5.74) is 13.0. The second kappa shape index (κ2) is 15.8. The van der Waals surface area contributed by atoms with E-state index in [1.807, 2.05) is 36.1 Å². The molecule has 0 fully saturated rings. The summed E-state index contributed by atoms with van der Waals surface area (Å²) in [6, 6.07) is 21.6. The molecule has 9 heteroatoms. The second-order valence-corrected chi connectivity index (χ2v) is 10.4. The molecule has 0 heterocycles. The predicted molar refractivity (Wildman–Crippen MR) is 164 cm³/mol. The van der Waals surface area contributed by atoms with Crippen molar-refractivity contribution in [1.29, 1.82) is 0 Å². The molecule has 0 aromatic heterocycles. The summed E-state index contributed by atoms with van der Waals surface area (Å²) in [4.78, 5) is 32.1. The van der Waals surface area contributed by atoms with Gasteiger partial charge in [0.15, 0.2) is 5.96 Å². The molecule has 0 bridgehead atoms. The van der Waals surface area contributed by atoms with Gasteiger partial charge in [0.1, 0.15) is 0 Å². The largest absolute Gasteiger partial charge is 0.370 e. The van der Waals surface area contributed by atoms with Crippen LogP contribution >= 0.6 is 11.6 Å². The Labute approximate surface area is 242 Å². The van der Waals surface area contributed by atoms with E-state index in [0.717, 1.165) is 12.0 Å². The molecule has 6 N–H and O–H groups in total. The Hall–Kier alpha value is -3.62. The molecule has 2 amide bonds. The van der Waals surface area contributed by atoms with Gasteiger partial charge in [0, 0.05) is 37.2 Å². The highest BCUT2D eigenvalue weighted by molar-refractivity contribution is 6.30. The topological polar surface area (TPSA) is 126 Å². The van der Waals surface area contributed by atoms with Gasteiger partial charge >= 0.3 is 0 Å². The number of aliphatic imine (C=N–C) groups is 1. The molecule has 8 nitrogen and oxygen atoms in total. The number of hydrogen-bond acceptors (Lipinski definition) is 4. The Bertz CT molecular complexity index is 1290. The average molecular weight is 565 g/mol. The molecule has 0 aliphatic carbocycles. The quantitative estimate of drug-likeness (QED) is 0.127. The molecule has 3 aromatic rings. The van der Waals surface area contributed by atoms with Crippen molar-refractivity contribution in [2.24, 2.45) is 16.5 Å². The fourth-order valence-electron chi connectivity index (χ4n) is 4.86. The first-order chi connectivity index (χ1) is 19.3. The van der Waals surface area contributed by atoms with Gasteiger partial charge in [0.25, 0.3) is 0 Å². The lowest BCUT2D eigenvalue weighted by atomic mass is 10.0. The summed E-state index contributed by atoms with van der Waals surface area (Å²) in [6.07, 6.45) is 2.23. The number of halogens is 1. The number of fused-ring (bicyclic) bond motifs is 1. The van der Waals surface area contributed by atoms with Gasteiger partial charge in [-0.25, -0.2) is 0 Å². The highest BCUT2D eigenvalue weighted by Crippen LogP contribution is 2.19. The zero-order valence-electron chi connectivity index (χ0n) is 23.4. The summed E-state index contributed by atoms with van der Waals surface area (Å²) < 4.78 is 0. The van der Waals surface area contributed by atoms with Crippen LogP contribution in [0.25, 0.3) is 10.8 Å². The van der Waals surface area contributed by atoms with Gasteiger partial charge in [-0.3, -0.25) is 14.6 Å². The molecule has 0 aliphatic rings. The van der Waals surface area contributed by atoms with Crippen LogP contribution in [-0.4, -0.2) is 60.9 Å². The lowest BCUT2D eigenvalue weighted by molar-refractivity contribution is -0.135. The van der Waals surface area contributed by atoms with Crippen LogP contribution in [0.5, 0.6) is 0 Å². The molecule has 0 saturated heterocycles. The van der Waals surface area contributed by atoms with Crippen LogP contribution < -0.4 is 22.1 Å². The van der Waals surface area contributed by atoms with Crippen molar-refractivity contribution in [1.82, 2.24) is 15.5 Å². The first-order valence-corrected chi connectivity index (χ1v) is 14.2. The van der Waals surface area contributed by atoms with Crippen LogP contribution in [0.2, 0.25) is 5.02 Å². The number of guanidine groups is 1. The first-order valence-electron chi connectivity index (χ1n) is 13.8. The van der Waals surface area contributed by atoms with Gasteiger partial charge in [-0.15, -0.1) is 0 Å². The molecule has 0 radical (unpaired) electrons. The maximum absolute atomic E-state index is 13.7. The second-order valence-electron chi connectivity index (χ2n) is 9.97. The van der Waals surface area contributed by atoms with Crippen molar-refractivity contribution in [2.75, 3.05) is 26.2 Å². The van der Waals surface area contributed by atoms with E-state index in [2.05, 4.69) is 52.9 Å². The summed E-state index contributed by atoms with van der Waals surface area (Å²) in [5, 5.41) is 9.27. The van der Waals surface area contributed by atoms with Crippen molar-refractivity contribution in [3.8, 4) is 0 Å². The molecule has 40 heavy (non-hydrogen) atoms. The Morgan fingerprint density at radius 3 is 2.48 bits per heavy atom. The maximum atomic E-state index is 13.7. The zero-order valence-corrected chi connectivity index (χ0v) is 24.2. The van der Waals surface area contributed by atoms with Crippen molar-refractivity contribution in [2.45, 2.75) is 51.6 Å². The summed E-state index contributed by atoms with van der Waals surface area (Å²) in [7, 11) is 0. The third-order valence-electron chi connectivity index (χ3n) is 6.84. The smallest absolute Gasteiger partial charge is 0.239 e. The Balaban J connectivity index is 1.59. The van der Waals surface area contributed by atoms with Crippen molar-refractivity contribution < 1.29 is 9.59 Å². The molecule has 2 unspecified atom stereocenters. The van der Waals surface area contributed by atoms with Crippen LogP contribution in [0.15, 0.2) is 71.7 Å². The lowest BCUT2D eigenvalue weighted by Gasteiger charge is -2.32. The highest BCUT2D eigenvalue weighted by Gasteiger charge is 2.26. The van der Waals surface area contributed by atoms with E-state index in [1.165, 1.54) is 16.3 Å². The Kier molecular flexibility index (Phi) is 12.2. The van der Waals surface area contributed by atoms with E-state index in [0.29, 0.717) is 44.0 Å². The van der Waals surface area contributed by atoms with Crippen LogP contribution in [-0.2, 0) is 22.4 Å². The molecule has 3 aromatic carbocycles. The third kappa shape index (κ3) is 9.84. The average Bonchev–Trinajstić information content (AvgIpc) is 2.92. The number of hydrogen-bond donors (Lipinski definition) is 4. The maximum Gasteiger partial charge on any atom is 0.239 e. The summed E-state index contributed by atoms with van der Waals surface area (Å²) >= 11 is 6.02. The van der Waals surface area contributed by atoms with Crippen molar-refractivity contribution >= 4 is 40.1 Å². The van der Waals surface area contributed by atoms with Crippen LogP contribution in [0.1, 0.15) is 37.8 Å². The number of carbonyl (C=O) groups is 2. The van der Waals surface area contributed by atoms with E-state index in [-0.39, 0.29) is 30.2 Å². The number of nitrogens with zero attached hydrogens (tertiary/aromatic N) is 2. The molecule has 0 aliphatic heterocycles. The molecule has 214 valence electrons. The molecule has 0 saturated carbocycles. The van der Waals surface area contributed by atoms with E-state index in [9.17, 15) is 9.59 Å². The number of carbonyl (C=O) groups excluding carboxylic acids is 2. The van der Waals surface area contributed by atoms with Crippen LogP contribution in [0, 0.1) is 0 Å². The fraction of sp³-hybridized carbons (Fsp3) is 0.387. The van der Waals surface area contributed by atoms with Gasteiger partial charge in [0.2, 0.25) is 11.8 Å². The van der Waals surface area contributed by atoms with Gasteiger partial charge in [-0.2, -0.15) is 0 Å². The SMILES string of the molecule is CCN(C(=O)C(CCCN=C(N)N)NCCNC(=O)Cc1cccc(Cl)c1)C(C)Cc1ccc2ccccc2c1. The highest BCUT2D eigenvalue weighted by atomic mass is 35.5. The minimum absolute atomic E-state index is 0.0121. The molecular weight excluding hydrogens is 524 g/mol. The Morgan fingerprint density at radius 2 is 1.75 bits per heavy atom. The first kappa shape index (κ1) is 30.9. The van der Waals surface area contributed by atoms with Gasteiger partial charge in [-0.05, 0) is 67.1 Å². The van der Waals surface area contributed by atoms with E-state index in [1.54, 1.807) is 12.1 Å². The number of likely N-dealkylation sites (N-methyl/N-ethyl adjacent to an activating group) is 1. The molecule has 3 rings (SSSR count). The number of nitrogens with two attached hydrogens (primary N) is 2. The number of benzene rings is 3. The van der Waals surface area contributed by atoms with Crippen LogP contribution in [0.4, 0.5) is 0 Å². The molecule has 2 atom stereocenters. The minimum atomic E-state index is -0.418. The van der Waals surface area contributed by atoms with Crippen molar-refractivity contribution in [3.63, 3.8) is 0 Å². The van der Waals surface area contributed by atoms with Gasteiger partial charge in [-0.1, -0.05) is 66.2 Å². The normalized spacial score (nSPS) is 12.5. The summed E-state index contributed by atoms with van der Waals surface area (Å²) in [6.45, 7) is 5.98. The predicted octanol–water partition coefficient (Wildman–Crippen LogP) is 3.64. The minimum Gasteiger partial charge on any atom is -0.370 e. The van der Waals surface area contributed by atoms with Crippen LogP contribution in [0.3, 0.4) is 0 Å². The molecule has 0 spiro atoms. The monoisotopic (exact) mass is 564 g/mol. The van der Waals surface area contributed by atoms with E-state index >= 15 is 0 Å². The van der Waals surface area contributed by atoms with Gasteiger partial charge < -0.3 is 27.0 Å². The van der Waals surface area contributed by atoms with Gasteiger partial charge in [0.05, 0.1) is 12.5 Å². The zero-order chi connectivity index (χ0) is 28.9. The number of rotatable bonds is 15. The summed E-state index contributed by atoms with van der Waals surface area (Å²) in [5.74, 6) is -0.0259. The third-order valence-corrected chi connectivity index (χ3v) is 7.07. The van der Waals surface area contributed by atoms with E-state index < -0.39 is 6.04 Å². The Morgan fingerprint density at radius 1 is 0.975 bits per heavy atom. The fourth-order valence-corrected chi connectivity index (χ4v) is 5.07. The van der Waals surface area contributed by atoms with Crippen molar-refractivity contribution in [3.05, 3.63) is 82.9 Å². The molecular formula is C31H41ClN6O2. The lowest BCUT2D eigenvalue weighted by Crippen LogP contribution is -2.51. The number of nitrogens with one attached hydrogen (secondary N) is 2. The standard InChI is InChI=1S/C31H41ClN6O2/c1-3-38(22(2)18-24-13-14-25-9-4-5-10-26(25)19-24)30(40)28(12-7-15-37-31(33)34)35-16-17-36-29(39)21-23-8-6-11-27(32)20-23/h4-6,8-11,13-14,19-20,22,28,35H,3,7,12,15-18,21H2,1-2H3,(H,36,39)(H4,33,34,37). The number of amides is 2. The van der Waals surface area contributed by atoms with E-state index in [4.69, 9.17) is 23.1 Å².